The number of hydrogen-bond donors (Lipinski definition) is 0. The van der Waals surface area contributed by atoms with E-state index < -0.39 is 0 Å². The van der Waals surface area contributed by atoms with E-state index in [-0.39, 0.29) is 17.5 Å². The molecule has 4 heterocycles. The molecule has 3 aromatic rings. The van der Waals surface area contributed by atoms with Gasteiger partial charge in [0.05, 0.1) is 41.7 Å². The summed E-state index contributed by atoms with van der Waals surface area (Å²) in [5, 5.41) is 5.06. The number of benzene rings is 1. The Hall–Kier alpha value is -2.58. The van der Waals surface area contributed by atoms with Crippen LogP contribution in [0.2, 0.25) is 0 Å². The highest BCUT2D eigenvalue weighted by atomic mass is 32.1. The van der Waals surface area contributed by atoms with Gasteiger partial charge in [-0.15, -0.1) is 11.3 Å². The number of amides is 1. The van der Waals surface area contributed by atoms with Crippen molar-refractivity contribution in [2.24, 2.45) is 0 Å². The maximum Gasteiger partial charge on any atom is 0.283 e. The van der Waals surface area contributed by atoms with E-state index in [1.165, 1.54) is 16.0 Å². The summed E-state index contributed by atoms with van der Waals surface area (Å²) < 4.78 is 7.92. The lowest BCUT2D eigenvalue weighted by Crippen LogP contribution is -2.41. The summed E-state index contributed by atoms with van der Waals surface area (Å²) >= 11 is 1.42. The second-order valence-electron chi connectivity index (χ2n) is 7.22. The second kappa shape index (κ2) is 7.10. The Labute approximate surface area is 165 Å². The van der Waals surface area contributed by atoms with E-state index in [0.717, 1.165) is 34.3 Å². The summed E-state index contributed by atoms with van der Waals surface area (Å²) in [5.74, 6) is -0.0527. The third-order valence-electron chi connectivity index (χ3n) is 5.40. The number of rotatable bonds is 3. The number of aromatic nitrogens is 3. The monoisotopic (exact) mass is 396 g/mol. The first-order chi connectivity index (χ1) is 13.7. The number of hydrogen-bond acceptors (Lipinski definition) is 6. The first-order valence-electron chi connectivity index (χ1n) is 9.53. The van der Waals surface area contributed by atoms with Crippen molar-refractivity contribution in [2.45, 2.75) is 38.5 Å². The Morgan fingerprint density at radius 2 is 2.21 bits per heavy atom. The van der Waals surface area contributed by atoms with Gasteiger partial charge in [0.1, 0.15) is 0 Å². The summed E-state index contributed by atoms with van der Waals surface area (Å²) in [4.78, 5) is 31.9. The maximum atomic E-state index is 13.1. The largest absolute Gasteiger partial charge is 0.376 e. The zero-order chi connectivity index (χ0) is 19.1. The predicted octanol–water partition coefficient (Wildman–Crippen LogP) is 2.23. The molecule has 0 aliphatic carbocycles. The standard InChI is InChI=1S/C20H20N4O3S/c25-18-10-13-12-27-9-7-15(13)22-24(18)11-14-4-3-8-23(14)20(26)19-21-16-5-1-2-6-17(16)28-19/h1-2,5-6,10,14H,3-4,7-9,11-12H2. The topological polar surface area (TPSA) is 77.3 Å². The molecule has 1 fully saturated rings. The zero-order valence-electron chi connectivity index (χ0n) is 15.3. The van der Waals surface area contributed by atoms with Gasteiger partial charge in [-0.3, -0.25) is 9.59 Å². The van der Waals surface area contributed by atoms with Crippen molar-refractivity contribution in [3.05, 3.63) is 57.0 Å². The van der Waals surface area contributed by atoms with Crippen LogP contribution in [0.3, 0.4) is 0 Å². The Bertz CT molecular complexity index is 1070. The number of thiazole rings is 1. The molecule has 8 heteroatoms. The van der Waals surface area contributed by atoms with E-state index >= 15 is 0 Å². The third kappa shape index (κ3) is 3.12. The Morgan fingerprint density at radius 3 is 3.11 bits per heavy atom. The molecule has 0 spiro atoms. The maximum absolute atomic E-state index is 13.1. The molecule has 1 atom stereocenters. The Kier molecular flexibility index (Phi) is 4.44. The lowest BCUT2D eigenvalue weighted by Gasteiger charge is -2.25. The molecule has 1 saturated heterocycles. The minimum absolute atomic E-state index is 0.0393. The number of carbonyl (C=O) groups is 1. The number of nitrogens with zero attached hydrogens (tertiary/aromatic N) is 4. The highest BCUT2D eigenvalue weighted by molar-refractivity contribution is 7.20. The van der Waals surface area contributed by atoms with Crippen LogP contribution in [0.25, 0.3) is 10.2 Å². The smallest absolute Gasteiger partial charge is 0.283 e. The predicted molar refractivity (Wildman–Crippen MR) is 106 cm³/mol. The molecule has 1 aromatic carbocycles. The average Bonchev–Trinajstić information content (AvgIpc) is 3.34. The van der Waals surface area contributed by atoms with Crippen LogP contribution in [0, 0.1) is 0 Å². The minimum Gasteiger partial charge on any atom is -0.376 e. The number of carbonyl (C=O) groups excluding carboxylic acids is 1. The lowest BCUT2D eigenvalue weighted by molar-refractivity contribution is 0.0719. The molecule has 1 unspecified atom stereocenters. The van der Waals surface area contributed by atoms with E-state index in [2.05, 4.69) is 10.1 Å². The van der Waals surface area contributed by atoms with Crippen LogP contribution in [0.5, 0.6) is 0 Å². The van der Waals surface area contributed by atoms with Crippen LogP contribution < -0.4 is 5.56 Å². The fourth-order valence-corrected chi connectivity index (χ4v) is 4.88. The summed E-state index contributed by atoms with van der Waals surface area (Å²) in [6.07, 6.45) is 2.51. The molecule has 7 nitrogen and oxygen atoms in total. The normalized spacial score (nSPS) is 19.1. The van der Waals surface area contributed by atoms with Crippen molar-refractivity contribution in [2.75, 3.05) is 13.2 Å². The zero-order valence-corrected chi connectivity index (χ0v) is 16.2. The fraction of sp³-hybridized carbons (Fsp3) is 0.400. The van der Waals surface area contributed by atoms with Crippen LogP contribution in [0.4, 0.5) is 0 Å². The lowest BCUT2D eigenvalue weighted by atomic mass is 10.1. The SMILES string of the molecule is O=C(c1nc2ccccc2s1)N1CCCC1Cn1nc2c(cc1=O)COCC2. The molecule has 28 heavy (non-hydrogen) atoms. The number of likely N-dealkylation sites (tertiary alicyclic amines) is 1. The van der Waals surface area contributed by atoms with Gasteiger partial charge in [-0.05, 0) is 25.0 Å². The molecule has 0 N–H and O–H groups in total. The number of fused-ring (bicyclic) bond motifs is 2. The van der Waals surface area contributed by atoms with Gasteiger partial charge in [0.25, 0.3) is 11.5 Å². The Balaban J connectivity index is 1.39. The molecule has 144 valence electrons. The van der Waals surface area contributed by atoms with Gasteiger partial charge in [-0.1, -0.05) is 12.1 Å². The van der Waals surface area contributed by atoms with Crippen LogP contribution in [0.1, 0.15) is 33.9 Å². The highest BCUT2D eigenvalue weighted by Crippen LogP contribution is 2.26. The summed E-state index contributed by atoms with van der Waals surface area (Å²) in [5.41, 5.74) is 2.51. The van der Waals surface area contributed by atoms with Crippen molar-refractivity contribution in [1.82, 2.24) is 19.7 Å². The highest BCUT2D eigenvalue weighted by Gasteiger charge is 2.32. The van der Waals surface area contributed by atoms with Gasteiger partial charge in [0, 0.05) is 24.6 Å². The van der Waals surface area contributed by atoms with Crippen molar-refractivity contribution < 1.29 is 9.53 Å². The number of ether oxygens (including phenoxy) is 1. The van der Waals surface area contributed by atoms with Gasteiger partial charge in [-0.2, -0.15) is 5.10 Å². The molecule has 1 amide bonds. The molecule has 2 aliphatic rings. The molecule has 0 saturated carbocycles. The van der Waals surface area contributed by atoms with Crippen LogP contribution in [-0.4, -0.2) is 44.8 Å². The molecule has 2 aromatic heterocycles. The van der Waals surface area contributed by atoms with Crippen molar-refractivity contribution in [3.63, 3.8) is 0 Å². The molecular formula is C20H20N4O3S. The summed E-state index contributed by atoms with van der Waals surface area (Å²) in [6.45, 7) is 2.18. The fourth-order valence-electron chi connectivity index (χ4n) is 3.96. The summed E-state index contributed by atoms with van der Waals surface area (Å²) in [7, 11) is 0. The minimum atomic E-state index is -0.136. The van der Waals surface area contributed by atoms with E-state index in [1.807, 2.05) is 29.2 Å². The first-order valence-corrected chi connectivity index (χ1v) is 10.3. The van der Waals surface area contributed by atoms with E-state index in [1.54, 1.807) is 6.07 Å². The van der Waals surface area contributed by atoms with Gasteiger partial charge in [0.15, 0.2) is 5.01 Å². The molecule has 0 bridgehead atoms. The quantitative estimate of drug-likeness (QED) is 0.679. The van der Waals surface area contributed by atoms with Crippen LogP contribution >= 0.6 is 11.3 Å². The van der Waals surface area contributed by atoms with Gasteiger partial charge in [-0.25, -0.2) is 9.67 Å². The van der Waals surface area contributed by atoms with Gasteiger partial charge in [0.2, 0.25) is 0 Å². The number of para-hydroxylation sites is 1. The van der Waals surface area contributed by atoms with Crippen LogP contribution in [0.15, 0.2) is 35.1 Å². The molecule has 5 rings (SSSR count). The second-order valence-corrected chi connectivity index (χ2v) is 8.25. The van der Waals surface area contributed by atoms with Gasteiger partial charge >= 0.3 is 0 Å². The van der Waals surface area contributed by atoms with Crippen molar-refractivity contribution in [3.8, 4) is 0 Å². The van der Waals surface area contributed by atoms with Crippen molar-refractivity contribution in [1.29, 1.82) is 0 Å². The molecular weight excluding hydrogens is 376 g/mol. The summed E-state index contributed by atoms with van der Waals surface area (Å²) in [6, 6.07) is 9.36. The first kappa shape index (κ1) is 17.5. The van der Waals surface area contributed by atoms with Gasteiger partial charge < -0.3 is 9.64 Å². The van der Waals surface area contributed by atoms with Crippen LogP contribution in [-0.2, 0) is 24.3 Å². The van der Waals surface area contributed by atoms with E-state index in [4.69, 9.17) is 4.74 Å². The molecule has 0 radical (unpaired) electrons. The average molecular weight is 396 g/mol. The van der Waals surface area contributed by atoms with E-state index in [9.17, 15) is 9.59 Å². The Morgan fingerprint density at radius 1 is 1.32 bits per heavy atom. The van der Waals surface area contributed by atoms with E-state index in [0.29, 0.717) is 37.7 Å². The molecule has 2 aliphatic heterocycles. The third-order valence-corrected chi connectivity index (χ3v) is 6.43. The van der Waals surface area contributed by atoms with Crippen molar-refractivity contribution >= 4 is 27.5 Å².